The summed E-state index contributed by atoms with van der Waals surface area (Å²) in [7, 11) is -3.17. The van der Waals surface area contributed by atoms with Crippen LogP contribution in [0.3, 0.4) is 0 Å². The zero-order chi connectivity index (χ0) is 12.2. The first-order valence-electron chi connectivity index (χ1n) is 6.10. The van der Waals surface area contributed by atoms with E-state index in [1.165, 1.54) is 0 Å². The highest BCUT2D eigenvalue weighted by Crippen LogP contribution is 2.24. The van der Waals surface area contributed by atoms with E-state index < -0.39 is 15.6 Å². The molecule has 0 spiro atoms. The van der Waals surface area contributed by atoms with Crippen molar-refractivity contribution >= 4 is 10.0 Å². The number of hydrogen-bond acceptors (Lipinski definition) is 3. The smallest absolute Gasteiger partial charge is 0.214 e. The molecule has 1 aliphatic carbocycles. The van der Waals surface area contributed by atoms with Crippen LogP contribution < -0.4 is 10.5 Å². The molecule has 1 aliphatic rings. The van der Waals surface area contributed by atoms with Gasteiger partial charge >= 0.3 is 0 Å². The number of nitrogens with one attached hydrogen (secondary N) is 1. The molecule has 0 saturated heterocycles. The standard InChI is InChI=1S/C11H24N2O2S/c1-11(2,8-9-12)13-16(14,15)10-6-4-3-5-7-10/h10,13H,3-9,12H2,1-2H3. The van der Waals surface area contributed by atoms with Crippen LogP contribution in [0.15, 0.2) is 0 Å². The van der Waals surface area contributed by atoms with Gasteiger partial charge in [0.1, 0.15) is 0 Å². The Hall–Kier alpha value is -0.130. The summed E-state index contributed by atoms with van der Waals surface area (Å²) in [5.74, 6) is 0. The van der Waals surface area contributed by atoms with E-state index in [2.05, 4.69) is 4.72 Å². The fourth-order valence-electron chi connectivity index (χ4n) is 2.26. The zero-order valence-corrected chi connectivity index (χ0v) is 11.1. The Morgan fingerprint density at radius 1 is 1.25 bits per heavy atom. The quantitative estimate of drug-likeness (QED) is 0.771. The maximum Gasteiger partial charge on any atom is 0.214 e. The van der Waals surface area contributed by atoms with Gasteiger partial charge in [0.25, 0.3) is 0 Å². The normalized spacial score (nSPS) is 19.9. The summed E-state index contributed by atoms with van der Waals surface area (Å²) < 4.78 is 27.0. The number of nitrogens with two attached hydrogens (primary N) is 1. The molecule has 0 unspecified atom stereocenters. The van der Waals surface area contributed by atoms with Gasteiger partial charge in [0.2, 0.25) is 10.0 Å². The first-order valence-corrected chi connectivity index (χ1v) is 7.65. The fraction of sp³-hybridized carbons (Fsp3) is 1.00. The molecule has 0 bridgehead atoms. The summed E-state index contributed by atoms with van der Waals surface area (Å²) in [5.41, 5.74) is 5.05. The van der Waals surface area contributed by atoms with E-state index in [1.54, 1.807) is 0 Å². The third-order valence-electron chi connectivity index (χ3n) is 3.18. The Morgan fingerprint density at radius 2 is 1.81 bits per heavy atom. The number of sulfonamides is 1. The summed E-state index contributed by atoms with van der Waals surface area (Å²) in [6.45, 7) is 4.28. The lowest BCUT2D eigenvalue weighted by Crippen LogP contribution is -2.48. The maximum atomic E-state index is 12.1. The van der Waals surface area contributed by atoms with Crippen LogP contribution in [0.1, 0.15) is 52.4 Å². The first kappa shape index (κ1) is 13.9. The lowest BCUT2D eigenvalue weighted by molar-refractivity contribution is 0.412. The molecule has 5 heteroatoms. The molecule has 1 rings (SSSR count). The Bertz CT molecular complexity index is 306. The average molecular weight is 248 g/mol. The maximum absolute atomic E-state index is 12.1. The second-order valence-electron chi connectivity index (χ2n) is 5.33. The van der Waals surface area contributed by atoms with E-state index in [0.717, 1.165) is 32.1 Å². The van der Waals surface area contributed by atoms with E-state index in [-0.39, 0.29) is 5.25 Å². The largest absolute Gasteiger partial charge is 0.330 e. The topological polar surface area (TPSA) is 72.2 Å². The van der Waals surface area contributed by atoms with Crippen LogP contribution in [0.4, 0.5) is 0 Å². The highest BCUT2D eigenvalue weighted by Gasteiger charge is 2.31. The molecule has 0 aromatic carbocycles. The summed E-state index contributed by atoms with van der Waals surface area (Å²) in [4.78, 5) is 0. The van der Waals surface area contributed by atoms with Crippen molar-refractivity contribution in [1.29, 1.82) is 0 Å². The van der Waals surface area contributed by atoms with Gasteiger partial charge in [0.15, 0.2) is 0 Å². The van der Waals surface area contributed by atoms with Gasteiger partial charge in [0.05, 0.1) is 5.25 Å². The monoisotopic (exact) mass is 248 g/mol. The van der Waals surface area contributed by atoms with Gasteiger partial charge in [-0.25, -0.2) is 13.1 Å². The Kier molecular flexibility index (Phi) is 4.76. The molecule has 0 aliphatic heterocycles. The Labute approximate surface area is 99.0 Å². The summed E-state index contributed by atoms with van der Waals surface area (Å²) in [6.07, 6.45) is 5.49. The van der Waals surface area contributed by atoms with Crippen molar-refractivity contribution in [2.75, 3.05) is 6.54 Å². The molecule has 0 aromatic rings. The van der Waals surface area contributed by atoms with E-state index in [9.17, 15) is 8.42 Å². The molecule has 4 nitrogen and oxygen atoms in total. The van der Waals surface area contributed by atoms with Crippen LogP contribution in [0.2, 0.25) is 0 Å². The van der Waals surface area contributed by atoms with E-state index in [4.69, 9.17) is 5.73 Å². The minimum Gasteiger partial charge on any atom is -0.330 e. The van der Waals surface area contributed by atoms with Gasteiger partial charge in [-0.05, 0) is 39.7 Å². The second-order valence-corrected chi connectivity index (χ2v) is 7.29. The van der Waals surface area contributed by atoms with Crippen LogP contribution in [0.5, 0.6) is 0 Å². The minimum atomic E-state index is -3.17. The SMILES string of the molecule is CC(C)(CCN)NS(=O)(=O)C1CCCCC1. The lowest BCUT2D eigenvalue weighted by Gasteiger charge is -2.30. The third-order valence-corrected chi connectivity index (χ3v) is 5.37. The fourth-order valence-corrected chi connectivity index (χ4v) is 4.25. The van der Waals surface area contributed by atoms with Crippen molar-refractivity contribution in [3.8, 4) is 0 Å². The third kappa shape index (κ3) is 4.03. The molecule has 1 fully saturated rings. The van der Waals surface area contributed by atoms with Crippen LogP contribution >= 0.6 is 0 Å². The van der Waals surface area contributed by atoms with Crippen LogP contribution in [-0.2, 0) is 10.0 Å². The number of hydrogen-bond donors (Lipinski definition) is 2. The highest BCUT2D eigenvalue weighted by molar-refractivity contribution is 7.90. The predicted molar refractivity (Wildman–Crippen MR) is 66.7 cm³/mol. The zero-order valence-electron chi connectivity index (χ0n) is 10.3. The molecule has 0 radical (unpaired) electrons. The Morgan fingerprint density at radius 3 is 2.31 bits per heavy atom. The Balaban J connectivity index is 2.63. The summed E-state index contributed by atoms with van der Waals surface area (Å²) in [5, 5.41) is -0.196. The van der Waals surface area contributed by atoms with E-state index in [1.807, 2.05) is 13.8 Å². The minimum absolute atomic E-state index is 0.196. The van der Waals surface area contributed by atoms with E-state index >= 15 is 0 Å². The number of rotatable bonds is 5. The van der Waals surface area contributed by atoms with Gasteiger partial charge in [-0.1, -0.05) is 19.3 Å². The molecule has 0 aromatic heterocycles. The molecule has 1 saturated carbocycles. The highest BCUT2D eigenvalue weighted by atomic mass is 32.2. The van der Waals surface area contributed by atoms with Crippen molar-refractivity contribution in [1.82, 2.24) is 4.72 Å². The van der Waals surface area contributed by atoms with Crippen LogP contribution in [-0.4, -0.2) is 25.8 Å². The lowest BCUT2D eigenvalue weighted by atomic mass is 10.0. The molecule has 0 heterocycles. The van der Waals surface area contributed by atoms with Crippen LogP contribution in [0.25, 0.3) is 0 Å². The van der Waals surface area contributed by atoms with Gasteiger partial charge in [-0.2, -0.15) is 0 Å². The predicted octanol–water partition coefficient (Wildman–Crippen LogP) is 1.37. The van der Waals surface area contributed by atoms with Crippen molar-refractivity contribution in [2.45, 2.75) is 63.2 Å². The van der Waals surface area contributed by atoms with Crippen LogP contribution in [0, 0.1) is 0 Å². The molecular formula is C11H24N2O2S. The van der Waals surface area contributed by atoms with Crippen molar-refractivity contribution in [3.63, 3.8) is 0 Å². The summed E-state index contributed by atoms with van der Waals surface area (Å²) >= 11 is 0. The summed E-state index contributed by atoms with van der Waals surface area (Å²) in [6, 6.07) is 0. The van der Waals surface area contributed by atoms with E-state index in [0.29, 0.717) is 13.0 Å². The molecule has 96 valence electrons. The molecule has 0 amide bonds. The van der Waals surface area contributed by atoms with Crippen molar-refractivity contribution < 1.29 is 8.42 Å². The van der Waals surface area contributed by atoms with Gasteiger partial charge in [-0.15, -0.1) is 0 Å². The molecule has 3 N–H and O–H groups in total. The molecule has 0 atom stereocenters. The second kappa shape index (κ2) is 5.47. The van der Waals surface area contributed by atoms with Crippen molar-refractivity contribution in [3.05, 3.63) is 0 Å². The molecular weight excluding hydrogens is 224 g/mol. The van der Waals surface area contributed by atoms with Crippen molar-refractivity contribution in [2.24, 2.45) is 5.73 Å². The van der Waals surface area contributed by atoms with Gasteiger partial charge < -0.3 is 5.73 Å². The molecule has 16 heavy (non-hydrogen) atoms. The van der Waals surface area contributed by atoms with Gasteiger partial charge in [0, 0.05) is 5.54 Å². The average Bonchev–Trinajstić information content (AvgIpc) is 2.17. The van der Waals surface area contributed by atoms with Gasteiger partial charge in [-0.3, -0.25) is 0 Å². The first-order chi connectivity index (χ1) is 7.37.